The number of halogens is 3. The predicted molar refractivity (Wildman–Crippen MR) is 109 cm³/mol. The highest BCUT2D eigenvalue weighted by atomic mass is 19.4. The van der Waals surface area contributed by atoms with Crippen molar-refractivity contribution in [3.8, 4) is 11.4 Å². The van der Waals surface area contributed by atoms with Crippen molar-refractivity contribution >= 4 is 5.91 Å². The Morgan fingerprint density at radius 3 is 2.62 bits per heavy atom. The van der Waals surface area contributed by atoms with E-state index in [0.29, 0.717) is 37.8 Å². The Kier molecular flexibility index (Phi) is 6.00. The molecule has 1 atom stereocenters. The molecule has 0 aliphatic carbocycles. The van der Waals surface area contributed by atoms with Crippen LogP contribution in [0.5, 0.6) is 0 Å². The molecule has 4 rings (SSSR count). The zero-order valence-electron chi connectivity index (χ0n) is 17.7. The lowest BCUT2D eigenvalue weighted by Crippen LogP contribution is -2.49. The van der Waals surface area contributed by atoms with Gasteiger partial charge in [-0.3, -0.25) is 14.8 Å². The molecule has 1 unspecified atom stereocenters. The van der Waals surface area contributed by atoms with E-state index in [1.54, 1.807) is 11.0 Å². The standard InChI is InChI=1S/C21H23F3N6O2/c1-3-16-12-17(27-26-16)20(31)30-9-7-29(8-10-30)13(2)19-25-18(28-32-19)14-5-4-6-15(11-14)21(22,23)24/h4-6,11-13H,3,7-10H2,1-2H3,(H,26,27). The van der Waals surface area contributed by atoms with E-state index in [9.17, 15) is 18.0 Å². The van der Waals surface area contributed by atoms with Crippen LogP contribution in [0.3, 0.4) is 0 Å². The SMILES string of the molecule is CCc1cc(C(=O)N2CCN(C(C)c3nc(-c4cccc(C(F)(F)F)c4)no3)CC2)n[nH]1. The Hall–Kier alpha value is -3.21. The molecule has 0 saturated carbocycles. The van der Waals surface area contributed by atoms with Crippen molar-refractivity contribution in [1.82, 2.24) is 30.1 Å². The maximum absolute atomic E-state index is 13.0. The van der Waals surface area contributed by atoms with Gasteiger partial charge in [-0.25, -0.2) is 0 Å². The van der Waals surface area contributed by atoms with E-state index in [1.807, 2.05) is 13.8 Å². The third kappa shape index (κ3) is 4.52. The zero-order chi connectivity index (χ0) is 22.9. The molecule has 3 heterocycles. The van der Waals surface area contributed by atoms with E-state index >= 15 is 0 Å². The van der Waals surface area contributed by atoms with Crippen LogP contribution >= 0.6 is 0 Å². The van der Waals surface area contributed by atoms with Crippen LogP contribution in [0.15, 0.2) is 34.9 Å². The van der Waals surface area contributed by atoms with Crippen LogP contribution in [-0.4, -0.2) is 62.2 Å². The molecule has 1 saturated heterocycles. The average Bonchev–Trinajstić information content (AvgIpc) is 3.48. The van der Waals surface area contributed by atoms with Crippen LogP contribution in [-0.2, 0) is 12.6 Å². The van der Waals surface area contributed by atoms with Gasteiger partial charge in [0.25, 0.3) is 5.91 Å². The van der Waals surface area contributed by atoms with Crippen molar-refractivity contribution in [2.24, 2.45) is 0 Å². The number of H-pyrrole nitrogens is 1. The summed E-state index contributed by atoms with van der Waals surface area (Å²) in [5.74, 6) is 0.312. The smallest absolute Gasteiger partial charge is 0.337 e. The molecule has 1 aromatic carbocycles. The molecule has 1 amide bonds. The fourth-order valence-corrected chi connectivity index (χ4v) is 3.64. The van der Waals surface area contributed by atoms with Gasteiger partial charge in [-0.1, -0.05) is 24.2 Å². The molecule has 1 aliphatic heterocycles. The first-order valence-electron chi connectivity index (χ1n) is 10.3. The van der Waals surface area contributed by atoms with Crippen LogP contribution in [0.4, 0.5) is 13.2 Å². The number of piperazine rings is 1. The molecule has 0 spiro atoms. The molecular weight excluding hydrogens is 425 g/mol. The molecule has 3 aromatic rings. The average molecular weight is 448 g/mol. The van der Waals surface area contributed by atoms with Gasteiger partial charge in [0.05, 0.1) is 11.6 Å². The number of hydrogen-bond donors (Lipinski definition) is 1. The maximum atomic E-state index is 13.0. The van der Waals surface area contributed by atoms with Gasteiger partial charge in [0.2, 0.25) is 11.7 Å². The Morgan fingerprint density at radius 2 is 1.97 bits per heavy atom. The number of nitrogens with one attached hydrogen (secondary N) is 1. The number of nitrogens with zero attached hydrogens (tertiary/aromatic N) is 5. The fraction of sp³-hybridized carbons (Fsp3) is 0.429. The third-order valence-electron chi connectivity index (χ3n) is 5.63. The summed E-state index contributed by atoms with van der Waals surface area (Å²) < 4.78 is 44.3. The number of alkyl halides is 3. The number of benzene rings is 1. The van der Waals surface area contributed by atoms with Crippen molar-refractivity contribution in [2.45, 2.75) is 32.5 Å². The highest BCUT2D eigenvalue weighted by Gasteiger charge is 2.32. The third-order valence-corrected chi connectivity index (χ3v) is 5.63. The number of aromatic amines is 1. The first kappa shape index (κ1) is 22.0. The van der Waals surface area contributed by atoms with Gasteiger partial charge in [0.15, 0.2) is 0 Å². The summed E-state index contributed by atoms with van der Waals surface area (Å²) >= 11 is 0. The highest BCUT2D eigenvalue weighted by Crippen LogP contribution is 2.32. The monoisotopic (exact) mass is 448 g/mol. The van der Waals surface area contributed by atoms with Gasteiger partial charge in [0, 0.05) is 37.4 Å². The van der Waals surface area contributed by atoms with Crippen molar-refractivity contribution in [3.63, 3.8) is 0 Å². The Balaban J connectivity index is 1.39. The summed E-state index contributed by atoms with van der Waals surface area (Å²) in [6, 6.07) is 6.36. The summed E-state index contributed by atoms with van der Waals surface area (Å²) in [6.07, 6.45) is -3.67. The molecule has 11 heteroatoms. The number of aromatic nitrogens is 4. The minimum atomic E-state index is -4.44. The van der Waals surface area contributed by atoms with E-state index in [4.69, 9.17) is 4.52 Å². The number of aryl methyl sites for hydroxylation is 1. The highest BCUT2D eigenvalue weighted by molar-refractivity contribution is 5.92. The lowest BCUT2D eigenvalue weighted by Gasteiger charge is -2.36. The van der Waals surface area contributed by atoms with Crippen molar-refractivity contribution < 1.29 is 22.5 Å². The van der Waals surface area contributed by atoms with Crippen LogP contribution in [0.1, 0.15) is 47.5 Å². The minimum absolute atomic E-state index is 0.108. The summed E-state index contributed by atoms with van der Waals surface area (Å²) in [6.45, 7) is 6.11. The van der Waals surface area contributed by atoms with Crippen LogP contribution in [0, 0.1) is 0 Å². The van der Waals surface area contributed by atoms with Crippen LogP contribution in [0.2, 0.25) is 0 Å². The Labute approximate surface area is 182 Å². The Morgan fingerprint density at radius 1 is 1.22 bits per heavy atom. The fourth-order valence-electron chi connectivity index (χ4n) is 3.64. The Bertz CT molecular complexity index is 1090. The summed E-state index contributed by atoms with van der Waals surface area (Å²) in [5, 5.41) is 10.8. The summed E-state index contributed by atoms with van der Waals surface area (Å²) in [5.41, 5.74) is 0.792. The molecule has 2 aromatic heterocycles. The van der Waals surface area contributed by atoms with Gasteiger partial charge < -0.3 is 9.42 Å². The topological polar surface area (TPSA) is 91.2 Å². The number of amides is 1. The van der Waals surface area contributed by atoms with Crippen molar-refractivity contribution in [3.05, 3.63) is 53.2 Å². The van der Waals surface area contributed by atoms with E-state index in [0.717, 1.165) is 24.2 Å². The summed E-state index contributed by atoms with van der Waals surface area (Å²) in [7, 11) is 0. The zero-order valence-corrected chi connectivity index (χ0v) is 17.7. The predicted octanol–water partition coefficient (Wildman–Crippen LogP) is 3.56. The number of hydrogen-bond acceptors (Lipinski definition) is 6. The second-order valence-electron chi connectivity index (χ2n) is 7.67. The number of rotatable bonds is 5. The first-order chi connectivity index (χ1) is 15.3. The second-order valence-corrected chi connectivity index (χ2v) is 7.67. The van der Waals surface area contributed by atoms with Crippen LogP contribution in [0.25, 0.3) is 11.4 Å². The molecular formula is C21H23F3N6O2. The first-order valence-corrected chi connectivity index (χ1v) is 10.3. The molecule has 1 N–H and O–H groups in total. The molecule has 0 radical (unpaired) electrons. The molecule has 1 aliphatic rings. The molecule has 170 valence electrons. The van der Waals surface area contributed by atoms with E-state index in [1.165, 1.54) is 12.1 Å². The summed E-state index contributed by atoms with van der Waals surface area (Å²) in [4.78, 5) is 20.8. The van der Waals surface area contributed by atoms with E-state index in [-0.39, 0.29) is 23.3 Å². The normalized spacial score (nSPS) is 16.3. The molecule has 0 bridgehead atoms. The molecule has 32 heavy (non-hydrogen) atoms. The van der Waals surface area contributed by atoms with E-state index in [2.05, 4.69) is 25.2 Å². The van der Waals surface area contributed by atoms with Gasteiger partial charge in [0.1, 0.15) is 5.69 Å². The number of carbonyl (C=O) groups excluding carboxylic acids is 1. The lowest BCUT2D eigenvalue weighted by atomic mass is 10.1. The van der Waals surface area contributed by atoms with Crippen molar-refractivity contribution in [2.75, 3.05) is 26.2 Å². The second kappa shape index (κ2) is 8.73. The van der Waals surface area contributed by atoms with Gasteiger partial charge in [-0.05, 0) is 31.5 Å². The van der Waals surface area contributed by atoms with Crippen molar-refractivity contribution in [1.29, 1.82) is 0 Å². The molecule has 8 nitrogen and oxygen atoms in total. The quantitative estimate of drug-likeness (QED) is 0.642. The minimum Gasteiger partial charge on any atom is -0.337 e. The van der Waals surface area contributed by atoms with E-state index < -0.39 is 11.7 Å². The van der Waals surface area contributed by atoms with Crippen LogP contribution < -0.4 is 0 Å². The van der Waals surface area contributed by atoms with Gasteiger partial charge in [-0.15, -0.1) is 0 Å². The molecule has 1 fully saturated rings. The maximum Gasteiger partial charge on any atom is 0.416 e. The van der Waals surface area contributed by atoms with Gasteiger partial charge in [-0.2, -0.15) is 23.3 Å². The largest absolute Gasteiger partial charge is 0.416 e. The van der Waals surface area contributed by atoms with Gasteiger partial charge >= 0.3 is 6.18 Å². The number of carbonyl (C=O) groups is 1. The lowest BCUT2D eigenvalue weighted by molar-refractivity contribution is -0.137.